The predicted octanol–water partition coefficient (Wildman–Crippen LogP) is 3.94. The molecule has 0 fully saturated rings. The van der Waals surface area contributed by atoms with Gasteiger partial charge in [0, 0.05) is 23.9 Å². The standard InChI is InChI=1S/C22H19N3O3/c26-19(17-7-3-1-4-8-17)13-16-14-20-21(23-15-16)25(11-12-28-20)22(27)24-18-9-5-2-6-10-18/h1-10,14-15H,11-13H2,(H,24,27). The Kier molecular flexibility index (Phi) is 5.01. The van der Waals surface area contributed by atoms with Gasteiger partial charge in [0.15, 0.2) is 17.4 Å². The molecular formula is C22H19N3O3. The molecule has 140 valence electrons. The lowest BCUT2D eigenvalue weighted by atomic mass is 10.0. The number of Topliss-reactive ketones (excluding diaryl/α,β-unsaturated/α-hetero) is 1. The van der Waals surface area contributed by atoms with Gasteiger partial charge < -0.3 is 10.1 Å². The lowest BCUT2D eigenvalue weighted by Crippen LogP contribution is -2.41. The number of carbonyl (C=O) groups is 2. The minimum absolute atomic E-state index is 0.0110. The number of urea groups is 1. The average molecular weight is 373 g/mol. The van der Waals surface area contributed by atoms with Crippen LogP contribution in [0.15, 0.2) is 72.9 Å². The topological polar surface area (TPSA) is 71.5 Å². The fourth-order valence-corrected chi connectivity index (χ4v) is 3.06. The molecule has 2 heterocycles. The van der Waals surface area contributed by atoms with Crippen molar-refractivity contribution in [3.8, 4) is 5.75 Å². The summed E-state index contributed by atoms with van der Waals surface area (Å²) in [5.41, 5.74) is 2.12. The number of ether oxygens (including phenoxy) is 1. The first-order chi connectivity index (χ1) is 13.7. The van der Waals surface area contributed by atoms with E-state index < -0.39 is 0 Å². The number of pyridine rings is 1. The number of aromatic nitrogens is 1. The van der Waals surface area contributed by atoms with Crippen LogP contribution in [0.25, 0.3) is 0 Å². The Morgan fingerprint density at radius 1 is 1.04 bits per heavy atom. The van der Waals surface area contributed by atoms with Crippen LogP contribution in [0.3, 0.4) is 0 Å². The van der Waals surface area contributed by atoms with Gasteiger partial charge in [-0.3, -0.25) is 9.69 Å². The van der Waals surface area contributed by atoms with Crippen molar-refractivity contribution in [1.82, 2.24) is 4.98 Å². The third kappa shape index (κ3) is 3.86. The van der Waals surface area contributed by atoms with Gasteiger partial charge in [-0.1, -0.05) is 48.5 Å². The molecule has 0 aliphatic carbocycles. The van der Waals surface area contributed by atoms with E-state index in [9.17, 15) is 9.59 Å². The number of anilines is 2. The van der Waals surface area contributed by atoms with Crippen molar-refractivity contribution < 1.29 is 14.3 Å². The van der Waals surface area contributed by atoms with E-state index >= 15 is 0 Å². The molecule has 1 aliphatic heterocycles. The zero-order valence-electron chi connectivity index (χ0n) is 15.2. The van der Waals surface area contributed by atoms with E-state index in [2.05, 4.69) is 10.3 Å². The van der Waals surface area contributed by atoms with Crippen LogP contribution in [0.4, 0.5) is 16.3 Å². The Labute approximate surface area is 162 Å². The number of hydrogen-bond acceptors (Lipinski definition) is 4. The van der Waals surface area contributed by atoms with Crippen LogP contribution in [0, 0.1) is 0 Å². The lowest BCUT2D eigenvalue weighted by Gasteiger charge is -2.28. The highest BCUT2D eigenvalue weighted by Gasteiger charge is 2.26. The van der Waals surface area contributed by atoms with Gasteiger partial charge in [0.25, 0.3) is 0 Å². The fraction of sp³-hybridized carbons (Fsp3) is 0.136. The molecule has 6 heteroatoms. The fourth-order valence-electron chi connectivity index (χ4n) is 3.06. The van der Waals surface area contributed by atoms with Crippen molar-refractivity contribution in [2.75, 3.05) is 23.4 Å². The largest absolute Gasteiger partial charge is 0.488 e. The van der Waals surface area contributed by atoms with Crippen LogP contribution < -0.4 is 15.0 Å². The SMILES string of the molecule is O=C(Cc1cnc2c(c1)OCCN2C(=O)Nc1ccccc1)c1ccccc1. The predicted molar refractivity (Wildman–Crippen MR) is 107 cm³/mol. The summed E-state index contributed by atoms with van der Waals surface area (Å²) in [5.74, 6) is 0.972. The highest BCUT2D eigenvalue weighted by Crippen LogP contribution is 2.30. The number of rotatable bonds is 4. The highest BCUT2D eigenvalue weighted by atomic mass is 16.5. The molecule has 1 N–H and O–H groups in total. The van der Waals surface area contributed by atoms with Gasteiger partial charge in [-0.2, -0.15) is 0 Å². The third-order valence-corrected chi connectivity index (χ3v) is 4.45. The van der Waals surface area contributed by atoms with E-state index in [-0.39, 0.29) is 18.2 Å². The van der Waals surface area contributed by atoms with Crippen LogP contribution in [-0.4, -0.2) is 29.9 Å². The van der Waals surface area contributed by atoms with Gasteiger partial charge in [0.05, 0.1) is 6.54 Å². The van der Waals surface area contributed by atoms with Crippen LogP contribution in [0.1, 0.15) is 15.9 Å². The Morgan fingerprint density at radius 2 is 1.75 bits per heavy atom. The zero-order chi connectivity index (χ0) is 19.3. The molecule has 6 nitrogen and oxygen atoms in total. The Bertz CT molecular complexity index is 990. The normalized spacial score (nSPS) is 12.6. The summed E-state index contributed by atoms with van der Waals surface area (Å²) < 4.78 is 5.69. The van der Waals surface area contributed by atoms with E-state index in [1.165, 1.54) is 0 Å². The van der Waals surface area contributed by atoms with Crippen molar-refractivity contribution >= 4 is 23.3 Å². The van der Waals surface area contributed by atoms with Gasteiger partial charge in [0.2, 0.25) is 0 Å². The van der Waals surface area contributed by atoms with Crippen molar-refractivity contribution in [1.29, 1.82) is 0 Å². The van der Waals surface area contributed by atoms with E-state index in [4.69, 9.17) is 4.74 Å². The number of carbonyl (C=O) groups excluding carboxylic acids is 2. The average Bonchev–Trinajstić information content (AvgIpc) is 2.74. The maximum atomic E-state index is 12.6. The maximum Gasteiger partial charge on any atom is 0.327 e. The van der Waals surface area contributed by atoms with Gasteiger partial charge in [0.1, 0.15) is 6.61 Å². The van der Waals surface area contributed by atoms with Gasteiger partial charge in [-0.15, -0.1) is 0 Å². The number of ketones is 1. The molecule has 0 bridgehead atoms. The summed E-state index contributed by atoms with van der Waals surface area (Å²) in [6.07, 6.45) is 1.85. The lowest BCUT2D eigenvalue weighted by molar-refractivity contribution is 0.0993. The summed E-state index contributed by atoms with van der Waals surface area (Å²) >= 11 is 0. The monoisotopic (exact) mass is 373 g/mol. The van der Waals surface area contributed by atoms with Crippen molar-refractivity contribution in [3.63, 3.8) is 0 Å². The number of hydrogen-bond donors (Lipinski definition) is 1. The molecule has 2 amide bonds. The number of amides is 2. The molecule has 1 aromatic heterocycles. The molecule has 3 aromatic rings. The summed E-state index contributed by atoms with van der Waals surface area (Å²) in [7, 11) is 0. The van der Waals surface area contributed by atoms with E-state index in [0.29, 0.717) is 36.0 Å². The van der Waals surface area contributed by atoms with Crippen molar-refractivity contribution in [2.45, 2.75) is 6.42 Å². The molecule has 0 atom stereocenters. The first-order valence-corrected chi connectivity index (χ1v) is 9.04. The van der Waals surface area contributed by atoms with Gasteiger partial charge >= 0.3 is 6.03 Å². The van der Waals surface area contributed by atoms with Crippen LogP contribution in [0.5, 0.6) is 5.75 Å². The number of nitrogens with zero attached hydrogens (tertiary/aromatic N) is 2. The molecule has 0 radical (unpaired) electrons. The van der Waals surface area contributed by atoms with Crippen molar-refractivity contribution in [2.24, 2.45) is 0 Å². The smallest absolute Gasteiger partial charge is 0.327 e. The molecule has 0 unspecified atom stereocenters. The summed E-state index contributed by atoms with van der Waals surface area (Å²) in [4.78, 5) is 31.0. The van der Waals surface area contributed by atoms with Crippen LogP contribution >= 0.6 is 0 Å². The molecule has 28 heavy (non-hydrogen) atoms. The summed E-state index contributed by atoms with van der Waals surface area (Å²) in [5, 5.41) is 2.86. The van der Waals surface area contributed by atoms with Crippen LogP contribution in [0.2, 0.25) is 0 Å². The molecule has 0 spiro atoms. The summed E-state index contributed by atoms with van der Waals surface area (Å²) in [6, 6.07) is 19.9. The van der Waals surface area contributed by atoms with E-state index in [1.807, 2.05) is 48.5 Å². The minimum Gasteiger partial charge on any atom is -0.488 e. The van der Waals surface area contributed by atoms with E-state index in [0.717, 1.165) is 5.56 Å². The molecule has 4 rings (SSSR count). The first-order valence-electron chi connectivity index (χ1n) is 9.04. The molecule has 2 aromatic carbocycles. The highest BCUT2D eigenvalue weighted by molar-refractivity contribution is 6.02. The molecule has 0 saturated carbocycles. The van der Waals surface area contributed by atoms with Crippen LogP contribution in [-0.2, 0) is 6.42 Å². The van der Waals surface area contributed by atoms with Gasteiger partial charge in [-0.05, 0) is 23.8 Å². The Hall–Kier alpha value is -3.67. The Balaban J connectivity index is 1.51. The second kappa shape index (κ2) is 7.92. The second-order valence-electron chi connectivity index (χ2n) is 6.43. The third-order valence-electron chi connectivity index (χ3n) is 4.45. The molecule has 1 aliphatic rings. The number of para-hydroxylation sites is 1. The molecule has 0 saturated heterocycles. The Morgan fingerprint density at radius 3 is 2.50 bits per heavy atom. The second-order valence-corrected chi connectivity index (χ2v) is 6.43. The summed E-state index contributed by atoms with van der Waals surface area (Å²) in [6.45, 7) is 0.772. The zero-order valence-corrected chi connectivity index (χ0v) is 15.2. The van der Waals surface area contributed by atoms with Gasteiger partial charge in [-0.25, -0.2) is 9.78 Å². The number of benzene rings is 2. The first kappa shape index (κ1) is 17.7. The molecular weight excluding hydrogens is 354 g/mol. The van der Waals surface area contributed by atoms with Crippen molar-refractivity contribution in [3.05, 3.63) is 84.1 Å². The van der Waals surface area contributed by atoms with E-state index in [1.54, 1.807) is 29.3 Å². The quantitative estimate of drug-likeness (QED) is 0.703. The minimum atomic E-state index is -0.267. The number of fused-ring (bicyclic) bond motifs is 1. The number of nitrogens with one attached hydrogen (secondary N) is 1. The maximum absolute atomic E-state index is 12.6.